The summed E-state index contributed by atoms with van der Waals surface area (Å²) < 4.78 is 7.42. The minimum absolute atomic E-state index is 0.163. The molecule has 0 heterocycles. The van der Waals surface area contributed by atoms with Gasteiger partial charge in [0.05, 0.1) is 13.2 Å². The third-order valence-corrected chi connectivity index (χ3v) is 4.14. The molecule has 0 bridgehead atoms. The lowest BCUT2D eigenvalue weighted by Crippen LogP contribution is -2.12. The third kappa shape index (κ3) is 3.05. The zero-order valence-corrected chi connectivity index (χ0v) is 13.6. The van der Waals surface area contributed by atoms with Crippen molar-refractivity contribution in [1.82, 2.24) is 0 Å². The maximum Gasteiger partial charge on any atom is 0.119 e. The zero-order chi connectivity index (χ0) is 13.1. The largest absolute Gasteiger partial charge is 0.497 e. The number of hydrogen-bond acceptors (Lipinski definition) is 2. The van der Waals surface area contributed by atoms with Gasteiger partial charge in [-0.2, -0.15) is 0 Å². The molecule has 1 unspecified atom stereocenters. The van der Waals surface area contributed by atoms with Crippen LogP contribution in [0.1, 0.15) is 17.2 Å². The van der Waals surface area contributed by atoms with Gasteiger partial charge in [-0.25, -0.2) is 0 Å². The minimum Gasteiger partial charge on any atom is -0.497 e. The summed E-state index contributed by atoms with van der Waals surface area (Å²) in [4.78, 5) is 0. The number of halogens is 2. The molecule has 0 aliphatic rings. The number of hydrogen-bond donors (Lipinski definition) is 1. The first kappa shape index (κ1) is 13.8. The first-order chi connectivity index (χ1) is 8.61. The molecular weight excluding hydrogens is 405 g/mol. The third-order valence-electron chi connectivity index (χ3n) is 2.75. The maximum atomic E-state index is 6.32. The molecule has 1 atom stereocenters. The number of nitrogens with two attached hydrogens (primary N) is 1. The molecule has 0 aromatic heterocycles. The highest BCUT2D eigenvalue weighted by molar-refractivity contribution is 14.1. The number of methoxy groups -OCH3 is 1. The Bertz CT molecular complexity index is 559. The monoisotopic (exact) mass is 417 g/mol. The summed E-state index contributed by atoms with van der Waals surface area (Å²) in [6.45, 7) is 0. The van der Waals surface area contributed by atoms with Crippen LogP contribution in [0.5, 0.6) is 5.75 Å². The summed E-state index contributed by atoms with van der Waals surface area (Å²) in [5.74, 6) is 0.824. The normalized spacial score (nSPS) is 12.2. The van der Waals surface area contributed by atoms with Crippen LogP contribution in [0, 0.1) is 3.57 Å². The van der Waals surface area contributed by atoms with E-state index in [4.69, 9.17) is 10.5 Å². The molecular formula is C14H13BrINO. The van der Waals surface area contributed by atoms with Crippen molar-refractivity contribution >= 4 is 38.5 Å². The molecule has 0 fully saturated rings. The van der Waals surface area contributed by atoms with Crippen molar-refractivity contribution in [3.8, 4) is 5.75 Å². The molecule has 0 saturated heterocycles. The first-order valence-corrected chi connectivity index (χ1v) is 7.33. The van der Waals surface area contributed by atoms with Crippen LogP contribution >= 0.6 is 38.5 Å². The molecule has 2 rings (SSSR count). The van der Waals surface area contributed by atoms with Crippen molar-refractivity contribution < 1.29 is 4.74 Å². The highest BCUT2D eigenvalue weighted by Gasteiger charge is 2.13. The van der Waals surface area contributed by atoms with Gasteiger partial charge in [-0.05, 0) is 64.0 Å². The van der Waals surface area contributed by atoms with E-state index in [1.807, 2.05) is 36.4 Å². The molecule has 94 valence electrons. The topological polar surface area (TPSA) is 35.2 Å². The van der Waals surface area contributed by atoms with Gasteiger partial charge in [0.1, 0.15) is 5.75 Å². The molecule has 4 heteroatoms. The van der Waals surface area contributed by atoms with Crippen molar-refractivity contribution in [1.29, 1.82) is 0 Å². The Morgan fingerprint density at radius 2 is 2.00 bits per heavy atom. The van der Waals surface area contributed by atoms with Gasteiger partial charge in [0.25, 0.3) is 0 Å². The summed E-state index contributed by atoms with van der Waals surface area (Å²) in [5.41, 5.74) is 8.44. The van der Waals surface area contributed by atoms with Gasteiger partial charge in [-0.15, -0.1) is 0 Å². The molecule has 0 saturated carbocycles. The fraction of sp³-hybridized carbons (Fsp3) is 0.143. The maximum absolute atomic E-state index is 6.32. The Kier molecular flexibility index (Phi) is 4.64. The predicted molar refractivity (Wildman–Crippen MR) is 85.9 cm³/mol. The Balaban J connectivity index is 2.40. The minimum atomic E-state index is -0.163. The van der Waals surface area contributed by atoms with Crippen molar-refractivity contribution in [3.63, 3.8) is 0 Å². The molecule has 2 aromatic rings. The lowest BCUT2D eigenvalue weighted by atomic mass is 9.99. The van der Waals surface area contributed by atoms with E-state index in [1.165, 1.54) is 3.57 Å². The standard InChI is InChI=1S/C14H13BrINO/c1-18-11-4-2-3-9(7-11)14(17)12-8-10(16)5-6-13(12)15/h2-8,14H,17H2,1H3. The van der Waals surface area contributed by atoms with Gasteiger partial charge in [-0.1, -0.05) is 28.1 Å². The summed E-state index contributed by atoms with van der Waals surface area (Å²) >= 11 is 5.84. The van der Waals surface area contributed by atoms with Gasteiger partial charge in [0.2, 0.25) is 0 Å². The second-order valence-corrected chi connectivity index (χ2v) is 6.02. The zero-order valence-electron chi connectivity index (χ0n) is 9.86. The quantitative estimate of drug-likeness (QED) is 0.762. The Morgan fingerprint density at radius 1 is 1.22 bits per heavy atom. The molecule has 0 radical (unpaired) electrons. The van der Waals surface area contributed by atoms with E-state index in [0.717, 1.165) is 21.3 Å². The predicted octanol–water partition coefficient (Wildman–Crippen LogP) is 4.11. The SMILES string of the molecule is COc1cccc(C(N)c2cc(I)ccc2Br)c1. The van der Waals surface area contributed by atoms with Gasteiger partial charge in [-0.3, -0.25) is 0 Å². The van der Waals surface area contributed by atoms with Crippen LogP contribution in [-0.2, 0) is 0 Å². The van der Waals surface area contributed by atoms with E-state index >= 15 is 0 Å². The molecule has 2 N–H and O–H groups in total. The van der Waals surface area contributed by atoms with Crippen molar-refractivity contribution in [2.45, 2.75) is 6.04 Å². The fourth-order valence-electron chi connectivity index (χ4n) is 1.77. The van der Waals surface area contributed by atoms with E-state index in [9.17, 15) is 0 Å². The van der Waals surface area contributed by atoms with E-state index in [0.29, 0.717) is 0 Å². The second kappa shape index (κ2) is 6.04. The summed E-state index contributed by atoms with van der Waals surface area (Å²) in [6.07, 6.45) is 0. The van der Waals surface area contributed by atoms with Crippen LogP contribution in [0.3, 0.4) is 0 Å². The molecule has 0 aliphatic carbocycles. The van der Waals surface area contributed by atoms with Gasteiger partial charge in [0.15, 0.2) is 0 Å². The van der Waals surface area contributed by atoms with Crippen molar-refractivity contribution in [2.75, 3.05) is 7.11 Å². The van der Waals surface area contributed by atoms with Gasteiger partial charge < -0.3 is 10.5 Å². The Morgan fingerprint density at radius 3 is 2.72 bits per heavy atom. The average molecular weight is 418 g/mol. The molecule has 2 aromatic carbocycles. The van der Waals surface area contributed by atoms with Crippen LogP contribution in [0.15, 0.2) is 46.9 Å². The summed E-state index contributed by atoms with van der Waals surface area (Å²) in [6, 6.07) is 13.9. The summed E-state index contributed by atoms with van der Waals surface area (Å²) in [7, 11) is 1.66. The second-order valence-electron chi connectivity index (χ2n) is 3.92. The Hall–Kier alpha value is -0.590. The van der Waals surface area contributed by atoms with Gasteiger partial charge >= 0.3 is 0 Å². The van der Waals surface area contributed by atoms with Crippen LogP contribution in [0.2, 0.25) is 0 Å². The van der Waals surface area contributed by atoms with Crippen LogP contribution in [0.4, 0.5) is 0 Å². The molecule has 0 aliphatic heterocycles. The van der Waals surface area contributed by atoms with Crippen molar-refractivity contribution in [3.05, 3.63) is 61.6 Å². The molecule has 2 nitrogen and oxygen atoms in total. The van der Waals surface area contributed by atoms with Crippen LogP contribution < -0.4 is 10.5 Å². The highest BCUT2D eigenvalue weighted by atomic mass is 127. The van der Waals surface area contributed by atoms with E-state index in [-0.39, 0.29) is 6.04 Å². The van der Waals surface area contributed by atoms with Gasteiger partial charge in [0, 0.05) is 8.04 Å². The average Bonchev–Trinajstić information content (AvgIpc) is 2.41. The van der Waals surface area contributed by atoms with Crippen LogP contribution in [-0.4, -0.2) is 7.11 Å². The molecule has 0 amide bonds. The number of rotatable bonds is 3. The lowest BCUT2D eigenvalue weighted by molar-refractivity contribution is 0.414. The first-order valence-electron chi connectivity index (χ1n) is 5.46. The smallest absolute Gasteiger partial charge is 0.119 e. The fourth-order valence-corrected chi connectivity index (χ4v) is 2.78. The van der Waals surface area contributed by atoms with E-state index < -0.39 is 0 Å². The highest BCUT2D eigenvalue weighted by Crippen LogP contribution is 2.29. The lowest BCUT2D eigenvalue weighted by Gasteiger charge is -2.15. The van der Waals surface area contributed by atoms with Crippen molar-refractivity contribution in [2.24, 2.45) is 5.73 Å². The molecule has 18 heavy (non-hydrogen) atoms. The number of ether oxygens (including phenoxy) is 1. The number of benzene rings is 2. The Labute approximate surface area is 129 Å². The van der Waals surface area contributed by atoms with E-state index in [2.05, 4.69) is 44.6 Å². The molecule has 0 spiro atoms. The van der Waals surface area contributed by atoms with E-state index in [1.54, 1.807) is 7.11 Å². The summed E-state index contributed by atoms with van der Waals surface area (Å²) in [5, 5.41) is 0. The van der Waals surface area contributed by atoms with Crippen LogP contribution in [0.25, 0.3) is 0 Å².